The number of amides is 4. The molecule has 0 aliphatic carbocycles. The Balaban J connectivity index is 1.75. The minimum absolute atomic E-state index is 0.0116. The first-order chi connectivity index (χ1) is 13.5. The molecular formula is C23H27N3O3. The van der Waals surface area contributed by atoms with Crippen LogP contribution >= 0.6 is 0 Å². The van der Waals surface area contributed by atoms with Crippen molar-refractivity contribution in [2.45, 2.75) is 45.6 Å². The van der Waals surface area contributed by atoms with Crippen molar-refractivity contribution >= 4 is 23.5 Å². The van der Waals surface area contributed by atoms with Gasteiger partial charge in [-0.2, -0.15) is 0 Å². The fourth-order valence-corrected chi connectivity index (χ4v) is 3.41. The van der Waals surface area contributed by atoms with Crippen LogP contribution in [0.4, 0.5) is 10.5 Å². The van der Waals surface area contributed by atoms with Gasteiger partial charge < -0.3 is 10.6 Å². The first kappa shape index (κ1) is 20.6. The van der Waals surface area contributed by atoms with E-state index in [1.165, 1.54) is 0 Å². The first-order valence-corrected chi connectivity index (χ1v) is 9.62. The number of benzene rings is 2. The van der Waals surface area contributed by atoms with Gasteiger partial charge in [0.15, 0.2) is 0 Å². The predicted octanol–water partition coefficient (Wildman–Crippen LogP) is 3.70. The van der Waals surface area contributed by atoms with Crippen molar-refractivity contribution in [3.05, 3.63) is 65.2 Å². The summed E-state index contributed by atoms with van der Waals surface area (Å²) in [4.78, 5) is 38.8. The minimum atomic E-state index is -1.20. The van der Waals surface area contributed by atoms with E-state index in [1.807, 2.05) is 49.4 Å². The molecule has 1 atom stereocenters. The summed E-state index contributed by atoms with van der Waals surface area (Å²) in [7, 11) is 0. The fourth-order valence-electron chi connectivity index (χ4n) is 3.41. The lowest BCUT2D eigenvalue weighted by Crippen LogP contribution is -2.42. The molecule has 29 heavy (non-hydrogen) atoms. The second-order valence-corrected chi connectivity index (χ2v) is 8.69. The van der Waals surface area contributed by atoms with E-state index in [0.717, 1.165) is 16.0 Å². The third-order valence-electron chi connectivity index (χ3n) is 5.21. The van der Waals surface area contributed by atoms with Crippen molar-refractivity contribution in [1.29, 1.82) is 0 Å². The number of rotatable bonds is 4. The van der Waals surface area contributed by atoms with Crippen molar-refractivity contribution in [2.75, 3.05) is 11.9 Å². The second kappa shape index (κ2) is 7.35. The van der Waals surface area contributed by atoms with E-state index in [1.54, 1.807) is 13.0 Å². The average Bonchev–Trinajstić information content (AvgIpc) is 2.85. The van der Waals surface area contributed by atoms with Gasteiger partial charge in [-0.1, -0.05) is 57.2 Å². The van der Waals surface area contributed by atoms with Gasteiger partial charge in [-0.25, -0.2) is 4.79 Å². The molecule has 6 nitrogen and oxygen atoms in total. The Hall–Kier alpha value is -3.15. The molecule has 1 saturated heterocycles. The SMILES string of the molecule is Cc1cccc(NC(=O)CN2C(=O)NC(C)(c3ccc(C(C)(C)C)cc3)C2=O)c1. The van der Waals surface area contributed by atoms with E-state index in [-0.39, 0.29) is 12.0 Å². The lowest BCUT2D eigenvalue weighted by Gasteiger charge is -2.24. The highest BCUT2D eigenvalue weighted by Crippen LogP contribution is 2.31. The summed E-state index contributed by atoms with van der Waals surface area (Å²) >= 11 is 0. The third-order valence-corrected chi connectivity index (χ3v) is 5.21. The Bertz CT molecular complexity index is 960. The normalized spacial score (nSPS) is 19.3. The molecule has 0 radical (unpaired) electrons. The largest absolute Gasteiger partial charge is 0.325 e. The number of nitrogens with one attached hydrogen (secondary N) is 2. The van der Waals surface area contributed by atoms with Crippen molar-refractivity contribution in [3.63, 3.8) is 0 Å². The van der Waals surface area contributed by atoms with E-state index in [0.29, 0.717) is 11.3 Å². The van der Waals surface area contributed by atoms with E-state index in [2.05, 4.69) is 31.4 Å². The molecule has 1 fully saturated rings. The van der Waals surface area contributed by atoms with Gasteiger partial charge in [0.25, 0.3) is 5.91 Å². The summed E-state index contributed by atoms with van der Waals surface area (Å²) in [5.41, 5.74) is 2.24. The summed E-state index contributed by atoms with van der Waals surface area (Å²) in [6.07, 6.45) is 0. The van der Waals surface area contributed by atoms with Crippen LogP contribution in [0, 0.1) is 6.92 Å². The highest BCUT2D eigenvalue weighted by Gasteiger charge is 2.49. The minimum Gasteiger partial charge on any atom is -0.325 e. The summed E-state index contributed by atoms with van der Waals surface area (Å²) in [5.74, 6) is -0.864. The van der Waals surface area contributed by atoms with Gasteiger partial charge >= 0.3 is 6.03 Å². The molecule has 0 spiro atoms. The quantitative estimate of drug-likeness (QED) is 0.778. The molecule has 1 aliphatic rings. The number of aryl methyl sites for hydroxylation is 1. The topological polar surface area (TPSA) is 78.5 Å². The van der Waals surface area contributed by atoms with Crippen molar-refractivity contribution in [2.24, 2.45) is 0 Å². The van der Waals surface area contributed by atoms with Crippen LogP contribution in [0.1, 0.15) is 44.4 Å². The molecule has 0 bridgehead atoms. The van der Waals surface area contributed by atoms with E-state index >= 15 is 0 Å². The van der Waals surface area contributed by atoms with Crippen LogP contribution in [0.25, 0.3) is 0 Å². The van der Waals surface area contributed by atoms with Gasteiger partial charge in [0.05, 0.1) is 0 Å². The standard InChI is InChI=1S/C23H27N3O3/c1-15-7-6-8-18(13-15)24-19(27)14-26-20(28)23(5,25-21(26)29)17-11-9-16(10-12-17)22(2,3)4/h6-13H,14H2,1-5H3,(H,24,27)(H,25,29). The smallest absolute Gasteiger partial charge is 0.325 e. The predicted molar refractivity (Wildman–Crippen MR) is 113 cm³/mol. The summed E-state index contributed by atoms with van der Waals surface area (Å²) in [6.45, 7) is 9.58. The van der Waals surface area contributed by atoms with E-state index < -0.39 is 23.4 Å². The highest BCUT2D eigenvalue weighted by molar-refractivity contribution is 6.10. The lowest BCUT2D eigenvalue weighted by molar-refractivity contribution is -0.133. The number of carbonyl (C=O) groups excluding carboxylic acids is 3. The molecule has 3 rings (SSSR count). The van der Waals surface area contributed by atoms with Crippen LogP contribution in [-0.4, -0.2) is 29.3 Å². The number of carbonyl (C=O) groups is 3. The van der Waals surface area contributed by atoms with Crippen molar-refractivity contribution < 1.29 is 14.4 Å². The molecule has 2 aromatic carbocycles. The van der Waals surface area contributed by atoms with Gasteiger partial charge in [0.1, 0.15) is 12.1 Å². The Labute approximate surface area is 171 Å². The molecule has 1 heterocycles. The van der Waals surface area contributed by atoms with Crippen molar-refractivity contribution in [1.82, 2.24) is 10.2 Å². The van der Waals surface area contributed by atoms with Gasteiger partial charge in [0.2, 0.25) is 5.91 Å². The Kier molecular flexibility index (Phi) is 5.22. The maximum atomic E-state index is 13.0. The van der Waals surface area contributed by atoms with E-state index in [4.69, 9.17) is 0 Å². The van der Waals surface area contributed by atoms with Crippen LogP contribution < -0.4 is 10.6 Å². The maximum Gasteiger partial charge on any atom is 0.325 e. The van der Waals surface area contributed by atoms with Crippen LogP contribution in [0.5, 0.6) is 0 Å². The first-order valence-electron chi connectivity index (χ1n) is 9.62. The number of anilines is 1. The van der Waals surface area contributed by atoms with E-state index in [9.17, 15) is 14.4 Å². The van der Waals surface area contributed by atoms with Crippen molar-refractivity contribution in [3.8, 4) is 0 Å². The van der Waals surface area contributed by atoms with Gasteiger partial charge in [-0.05, 0) is 48.1 Å². The molecule has 4 amide bonds. The monoisotopic (exact) mass is 393 g/mol. The molecule has 1 unspecified atom stereocenters. The molecule has 0 aromatic heterocycles. The lowest BCUT2D eigenvalue weighted by atomic mass is 9.84. The summed E-state index contributed by atoms with van der Waals surface area (Å²) in [6, 6.07) is 14.4. The number of nitrogens with zero attached hydrogens (tertiary/aromatic N) is 1. The molecule has 6 heteroatoms. The Morgan fingerprint density at radius 3 is 2.34 bits per heavy atom. The average molecular weight is 393 g/mol. The van der Waals surface area contributed by atoms with Crippen LogP contribution in [0.2, 0.25) is 0 Å². The van der Waals surface area contributed by atoms with Gasteiger partial charge in [0, 0.05) is 5.69 Å². The Morgan fingerprint density at radius 2 is 1.76 bits per heavy atom. The third kappa shape index (κ3) is 4.16. The molecule has 2 N–H and O–H groups in total. The highest BCUT2D eigenvalue weighted by atomic mass is 16.2. The maximum absolute atomic E-state index is 13.0. The van der Waals surface area contributed by atoms with Crippen LogP contribution in [0.15, 0.2) is 48.5 Å². The molecular weight excluding hydrogens is 366 g/mol. The second-order valence-electron chi connectivity index (χ2n) is 8.69. The molecule has 0 saturated carbocycles. The molecule has 2 aromatic rings. The van der Waals surface area contributed by atoms with Crippen LogP contribution in [0.3, 0.4) is 0 Å². The zero-order valence-corrected chi connectivity index (χ0v) is 17.5. The number of urea groups is 1. The summed E-state index contributed by atoms with van der Waals surface area (Å²) < 4.78 is 0. The molecule has 152 valence electrons. The zero-order valence-electron chi connectivity index (χ0n) is 17.5. The van der Waals surface area contributed by atoms with Gasteiger partial charge in [-0.15, -0.1) is 0 Å². The fraction of sp³-hybridized carbons (Fsp3) is 0.348. The number of hydrogen-bond acceptors (Lipinski definition) is 3. The number of hydrogen-bond donors (Lipinski definition) is 2. The van der Waals surface area contributed by atoms with Gasteiger partial charge in [-0.3, -0.25) is 14.5 Å². The summed E-state index contributed by atoms with van der Waals surface area (Å²) in [5, 5.41) is 5.47. The Morgan fingerprint density at radius 1 is 1.10 bits per heavy atom. The number of imide groups is 1. The zero-order chi connectivity index (χ0) is 21.4. The van der Waals surface area contributed by atoms with Crippen LogP contribution in [-0.2, 0) is 20.5 Å². The molecule has 1 aliphatic heterocycles.